The zero-order chi connectivity index (χ0) is 11.3. The maximum Gasteiger partial charge on any atom is 0.261 e. The van der Waals surface area contributed by atoms with Crippen LogP contribution in [0.1, 0.15) is 5.82 Å². The van der Waals surface area contributed by atoms with Gasteiger partial charge in [-0.25, -0.2) is 18.7 Å². The van der Waals surface area contributed by atoms with Crippen molar-refractivity contribution in [1.82, 2.24) is 9.97 Å². The predicted octanol–water partition coefficient (Wildman–Crippen LogP) is 1.49. The fraction of sp³-hybridized carbons (Fsp3) is 0.500. The topological polar surface area (TPSA) is 61.0 Å². The van der Waals surface area contributed by atoms with Gasteiger partial charge in [-0.3, -0.25) is 0 Å². The first-order chi connectivity index (χ1) is 7.09. The number of ether oxygens (including phenoxy) is 1. The lowest BCUT2D eigenvalue weighted by Crippen LogP contribution is -2.09. The number of hydrogen-bond donors (Lipinski definition) is 1. The summed E-state index contributed by atoms with van der Waals surface area (Å²) < 4.78 is 28.9. The monoisotopic (exact) mass is 329 g/mol. The highest BCUT2D eigenvalue weighted by Crippen LogP contribution is 2.10. The van der Waals surface area contributed by atoms with Crippen LogP contribution in [0.2, 0.25) is 0 Å². The molecule has 0 aliphatic carbocycles. The minimum absolute atomic E-state index is 0.171. The molecule has 0 unspecified atom stereocenters. The smallest absolute Gasteiger partial charge is 0.261 e. The van der Waals surface area contributed by atoms with Crippen LogP contribution in [0.15, 0.2) is 6.20 Å². The molecule has 1 rings (SSSR count). The third kappa shape index (κ3) is 4.65. The second-order valence-corrected chi connectivity index (χ2v) is 3.90. The van der Waals surface area contributed by atoms with E-state index >= 15 is 0 Å². The summed E-state index contributed by atoms with van der Waals surface area (Å²) in [4.78, 5) is 7.97. The first-order valence-corrected chi connectivity index (χ1v) is 5.30. The summed E-state index contributed by atoms with van der Waals surface area (Å²) in [6, 6.07) is 0. The van der Waals surface area contributed by atoms with Crippen molar-refractivity contribution in [3.8, 4) is 0 Å². The van der Waals surface area contributed by atoms with E-state index in [2.05, 4.69) is 9.97 Å². The summed E-state index contributed by atoms with van der Waals surface area (Å²) >= 11 is 2.01. The van der Waals surface area contributed by atoms with E-state index in [1.54, 1.807) is 6.20 Å². The maximum absolute atomic E-state index is 11.7. The van der Waals surface area contributed by atoms with Gasteiger partial charge in [0, 0.05) is 12.6 Å². The van der Waals surface area contributed by atoms with E-state index in [0.717, 1.165) is 3.57 Å². The van der Waals surface area contributed by atoms with Crippen LogP contribution in [0, 0.1) is 3.57 Å². The number of anilines is 1. The molecule has 0 amide bonds. The van der Waals surface area contributed by atoms with Crippen LogP contribution in [0.25, 0.3) is 0 Å². The van der Waals surface area contributed by atoms with Crippen LogP contribution in [0.4, 0.5) is 14.6 Å². The summed E-state index contributed by atoms with van der Waals surface area (Å²) in [7, 11) is 0. The first kappa shape index (κ1) is 12.5. The highest BCUT2D eigenvalue weighted by molar-refractivity contribution is 14.1. The van der Waals surface area contributed by atoms with E-state index in [9.17, 15) is 8.78 Å². The quantitative estimate of drug-likeness (QED) is 0.657. The predicted molar refractivity (Wildman–Crippen MR) is 59.7 cm³/mol. The van der Waals surface area contributed by atoms with Crippen molar-refractivity contribution in [2.75, 3.05) is 18.9 Å². The van der Waals surface area contributed by atoms with E-state index in [1.165, 1.54) is 0 Å². The van der Waals surface area contributed by atoms with Crippen LogP contribution in [0.3, 0.4) is 0 Å². The Morgan fingerprint density at radius 2 is 2.27 bits per heavy atom. The van der Waals surface area contributed by atoms with Crippen molar-refractivity contribution >= 4 is 28.4 Å². The summed E-state index contributed by atoms with van der Waals surface area (Å²) in [6.45, 7) is -0.385. The van der Waals surface area contributed by atoms with Gasteiger partial charge in [0.05, 0.1) is 10.2 Å². The molecule has 0 aliphatic rings. The number of alkyl halides is 2. The molecule has 0 saturated heterocycles. The van der Waals surface area contributed by atoms with E-state index in [4.69, 9.17) is 10.5 Å². The molecule has 0 aromatic carbocycles. The van der Waals surface area contributed by atoms with Gasteiger partial charge < -0.3 is 10.5 Å². The fourth-order valence-electron chi connectivity index (χ4n) is 0.875. The molecule has 1 heterocycles. The Labute approximate surface area is 99.4 Å². The SMILES string of the molecule is Nc1nc(CCOCC(F)F)ncc1I. The number of halogens is 3. The second kappa shape index (κ2) is 6.11. The van der Waals surface area contributed by atoms with Gasteiger partial charge >= 0.3 is 0 Å². The lowest BCUT2D eigenvalue weighted by Gasteiger charge is -2.03. The van der Waals surface area contributed by atoms with Gasteiger partial charge in [-0.2, -0.15) is 0 Å². The molecule has 2 N–H and O–H groups in total. The summed E-state index contributed by atoms with van der Waals surface area (Å²) in [5.74, 6) is 0.900. The van der Waals surface area contributed by atoms with Crippen molar-refractivity contribution in [2.45, 2.75) is 12.8 Å². The second-order valence-electron chi connectivity index (χ2n) is 2.74. The van der Waals surface area contributed by atoms with Gasteiger partial charge in [0.1, 0.15) is 18.2 Å². The number of nitrogens with two attached hydrogens (primary N) is 1. The molecule has 7 heteroatoms. The van der Waals surface area contributed by atoms with Gasteiger partial charge in [-0.15, -0.1) is 0 Å². The molecule has 15 heavy (non-hydrogen) atoms. The third-order valence-corrected chi connectivity index (χ3v) is 2.37. The lowest BCUT2D eigenvalue weighted by atomic mass is 10.4. The fourth-order valence-corrected chi connectivity index (χ4v) is 1.13. The van der Waals surface area contributed by atoms with E-state index in [-0.39, 0.29) is 6.61 Å². The van der Waals surface area contributed by atoms with E-state index < -0.39 is 13.0 Å². The molecule has 84 valence electrons. The van der Waals surface area contributed by atoms with Crippen LogP contribution in [-0.4, -0.2) is 29.6 Å². The Bertz CT molecular complexity index is 325. The number of nitrogens with zero attached hydrogens (tertiary/aromatic N) is 2. The van der Waals surface area contributed by atoms with Gasteiger partial charge in [0.15, 0.2) is 0 Å². The molecular formula is C8H10F2IN3O. The molecule has 0 aliphatic heterocycles. The lowest BCUT2D eigenvalue weighted by molar-refractivity contribution is 0.0183. The van der Waals surface area contributed by atoms with Crippen LogP contribution in [-0.2, 0) is 11.2 Å². The Morgan fingerprint density at radius 1 is 1.53 bits per heavy atom. The molecule has 0 saturated carbocycles. The van der Waals surface area contributed by atoms with Crippen molar-refractivity contribution in [3.63, 3.8) is 0 Å². The van der Waals surface area contributed by atoms with Crippen molar-refractivity contribution in [3.05, 3.63) is 15.6 Å². The van der Waals surface area contributed by atoms with Gasteiger partial charge in [0.25, 0.3) is 6.43 Å². The Balaban J connectivity index is 2.35. The average Bonchev–Trinajstić information content (AvgIpc) is 2.18. The summed E-state index contributed by atoms with van der Waals surface area (Å²) in [6.07, 6.45) is -0.466. The standard InChI is InChI=1S/C8H10F2IN3O/c9-6(10)4-15-2-1-7-13-3-5(11)8(12)14-7/h3,6H,1-2,4H2,(H2,12,13,14). The van der Waals surface area contributed by atoms with Crippen LogP contribution < -0.4 is 5.73 Å². The molecule has 1 aromatic rings. The normalized spacial score (nSPS) is 10.9. The molecule has 0 spiro atoms. The minimum atomic E-state index is -2.44. The maximum atomic E-state index is 11.7. The Morgan fingerprint density at radius 3 is 2.87 bits per heavy atom. The third-order valence-electron chi connectivity index (χ3n) is 1.53. The zero-order valence-electron chi connectivity index (χ0n) is 7.79. The van der Waals surface area contributed by atoms with Crippen LogP contribution >= 0.6 is 22.6 Å². The summed E-state index contributed by atoms with van der Waals surface area (Å²) in [5.41, 5.74) is 5.55. The van der Waals surface area contributed by atoms with Crippen molar-refractivity contribution in [1.29, 1.82) is 0 Å². The Hall–Kier alpha value is -0.570. The van der Waals surface area contributed by atoms with Crippen molar-refractivity contribution in [2.24, 2.45) is 0 Å². The molecule has 0 atom stereocenters. The van der Waals surface area contributed by atoms with Crippen molar-refractivity contribution < 1.29 is 13.5 Å². The highest BCUT2D eigenvalue weighted by Gasteiger charge is 2.04. The molecule has 0 radical (unpaired) electrons. The number of hydrogen-bond acceptors (Lipinski definition) is 4. The number of rotatable bonds is 5. The highest BCUT2D eigenvalue weighted by atomic mass is 127. The summed E-state index contributed by atoms with van der Waals surface area (Å²) in [5, 5.41) is 0. The van der Waals surface area contributed by atoms with E-state index in [0.29, 0.717) is 18.1 Å². The molecular weight excluding hydrogens is 319 g/mol. The zero-order valence-corrected chi connectivity index (χ0v) is 9.95. The van der Waals surface area contributed by atoms with Gasteiger partial charge in [0.2, 0.25) is 0 Å². The largest absolute Gasteiger partial charge is 0.383 e. The van der Waals surface area contributed by atoms with Gasteiger partial charge in [-0.05, 0) is 22.6 Å². The molecule has 0 fully saturated rings. The number of aromatic nitrogens is 2. The van der Waals surface area contributed by atoms with Gasteiger partial charge in [-0.1, -0.05) is 0 Å². The Kier molecular flexibility index (Phi) is 5.09. The molecule has 0 bridgehead atoms. The first-order valence-electron chi connectivity index (χ1n) is 4.22. The molecule has 4 nitrogen and oxygen atoms in total. The molecule has 1 aromatic heterocycles. The van der Waals surface area contributed by atoms with E-state index in [1.807, 2.05) is 22.6 Å². The minimum Gasteiger partial charge on any atom is -0.383 e. The van der Waals surface area contributed by atoms with Crippen LogP contribution in [0.5, 0.6) is 0 Å². The average molecular weight is 329 g/mol. The number of nitrogen functional groups attached to an aromatic ring is 1.